The zero-order chi connectivity index (χ0) is 17.2. The molecule has 0 atom stereocenters. The SMILES string of the molecule is COCc1nc2c(o1)CCN(C(=O)c1csc(-c3ccccc3)n1)C2. The van der Waals surface area contributed by atoms with Crippen molar-refractivity contribution in [2.45, 2.75) is 19.6 Å². The van der Waals surface area contributed by atoms with Crippen LogP contribution in [0.1, 0.15) is 27.8 Å². The van der Waals surface area contributed by atoms with Gasteiger partial charge in [-0.2, -0.15) is 0 Å². The van der Waals surface area contributed by atoms with Gasteiger partial charge in [-0.1, -0.05) is 30.3 Å². The van der Waals surface area contributed by atoms with E-state index in [1.807, 2.05) is 35.7 Å². The van der Waals surface area contributed by atoms with E-state index in [0.717, 1.165) is 22.0 Å². The minimum atomic E-state index is -0.0691. The molecule has 0 saturated carbocycles. The molecule has 0 spiro atoms. The molecule has 4 rings (SSSR count). The monoisotopic (exact) mass is 355 g/mol. The van der Waals surface area contributed by atoms with Gasteiger partial charge in [0.15, 0.2) is 0 Å². The van der Waals surface area contributed by atoms with Gasteiger partial charge in [0.25, 0.3) is 5.91 Å². The second-order valence-electron chi connectivity index (χ2n) is 5.79. The molecular formula is C18H17N3O3S. The number of benzene rings is 1. The number of ether oxygens (including phenoxy) is 1. The number of aromatic nitrogens is 2. The van der Waals surface area contributed by atoms with Crippen molar-refractivity contribution < 1.29 is 13.9 Å². The lowest BCUT2D eigenvalue weighted by Gasteiger charge is -2.24. The number of amides is 1. The number of fused-ring (bicyclic) bond motifs is 1. The molecule has 3 heterocycles. The average molecular weight is 355 g/mol. The fourth-order valence-electron chi connectivity index (χ4n) is 2.86. The smallest absolute Gasteiger partial charge is 0.273 e. The molecule has 1 amide bonds. The Morgan fingerprint density at radius 1 is 1.32 bits per heavy atom. The van der Waals surface area contributed by atoms with Crippen LogP contribution in [0, 0.1) is 0 Å². The van der Waals surface area contributed by atoms with E-state index in [0.29, 0.717) is 37.7 Å². The van der Waals surface area contributed by atoms with Crippen molar-refractivity contribution >= 4 is 17.2 Å². The fourth-order valence-corrected chi connectivity index (χ4v) is 3.66. The molecule has 0 saturated heterocycles. The van der Waals surface area contributed by atoms with Crippen molar-refractivity contribution in [2.24, 2.45) is 0 Å². The van der Waals surface area contributed by atoms with Crippen molar-refractivity contribution in [3.63, 3.8) is 0 Å². The Morgan fingerprint density at radius 2 is 2.16 bits per heavy atom. The van der Waals surface area contributed by atoms with Crippen LogP contribution in [0.25, 0.3) is 10.6 Å². The Kier molecular flexibility index (Phi) is 4.33. The number of hydrogen-bond acceptors (Lipinski definition) is 6. The molecular weight excluding hydrogens is 338 g/mol. The molecule has 3 aromatic rings. The molecule has 0 N–H and O–H groups in total. The van der Waals surface area contributed by atoms with Crippen LogP contribution >= 0.6 is 11.3 Å². The zero-order valence-corrected chi connectivity index (χ0v) is 14.6. The van der Waals surface area contributed by atoms with Gasteiger partial charge in [0.05, 0.1) is 6.54 Å². The first-order chi connectivity index (χ1) is 12.2. The van der Waals surface area contributed by atoms with E-state index in [-0.39, 0.29) is 5.91 Å². The Balaban J connectivity index is 1.51. The summed E-state index contributed by atoms with van der Waals surface area (Å²) < 4.78 is 10.7. The van der Waals surface area contributed by atoms with Crippen molar-refractivity contribution in [1.29, 1.82) is 0 Å². The van der Waals surface area contributed by atoms with E-state index in [4.69, 9.17) is 9.15 Å². The van der Waals surface area contributed by atoms with Crippen LogP contribution in [0.5, 0.6) is 0 Å². The maximum absolute atomic E-state index is 12.8. The summed E-state index contributed by atoms with van der Waals surface area (Å²) in [5.74, 6) is 1.33. The second-order valence-corrected chi connectivity index (χ2v) is 6.65. The van der Waals surface area contributed by atoms with Crippen LogP contribution in [0.15, 0.2) is 40.1 Å². The van der Waals surface area contributed by atoms with E-state index >= 15 is 0 Å². The Morgan fingerprint density at radius 3 is 2.96 bits per heavy atom. The lowest BCUT2D eigenvalue weighted by Crippen LogP contribution is -2.36. The van der Waals surface area contributed by atoms with Crippen molar-refractivity contribution in [2.75, 3.05) is 13.7 Å². The number of carbonyl (C=O) groups is 1. The molecule has 0 bridgehead atoms. The van der Waals surface area contributed by atoms with Crippen LogP contribution in [-0.2, 0) is 24.3 Å². The van der Waals surface area contributed by atoms with Crippen molar-refractivity contribution in [3.05, 3.63) is 58.8 Å². The molecule has 0 radical (unpaired) electrons. The quantitative estimate of drug-likeness (QED) is 0.719. The third-order valence-corrected chi connectivity index (χ3v) is 4.96. The highest BCUT2D eigenvalue weighted by Gasteiger charge is 2.27. The van der Waals surface area contributed by atoms with Gasteiger partial charge < -0.3 is 14.1 Å². The predicted molar refractivity (Wildman–Crippen MR) is 93.2 cm³/mol. The molecule has 0 aliphatic carbocycles. The molecule has 2 aromatic heterocycles. The summed E-state index contributed by atoms with van der Waals surface area (Å²) in [5, 5.41) is 2.67. The van der Waals surface area contributed by atoms with Gasteiger partial charge >= 0.3 is 0 Å². The van der Waals surface area contributed by atoms with Gasteiger partial charge in [-0.25, -0.2) is 9.97 Å². The number of carbonyl (C=O) groups excluding carboxylic acids is 1. The lowest BCUT2D eigenvalue weighted by atomic mass is 10.1. The lowest BCUT2D eigenvalue weighted by molar-refractivity contribution is 0.0722. The van der Waals surface area contributed by atoms with Gasteiger partial charge in [0.2, 0.25) is 5.89 Å². The van der Waals surface area contributed by atoms with Gasteiger partial charge in [-0.3, -0.25) is 4.79 Å². The molecule has 1 aliphatic rings. The van der Waals surface area contributed by atoms with Gasteiger partial charge in [-0.05, 0) is 0 Å². The standard InChI is InChI=1S/C18H17N3O3S/c1-23-10-16-19-13-9-21(8-7-15(13)24-16)18(22)14-11-25-17(20-14)12-5-3-2-4-6-12/h2-6,11H,7-10H2,1H3. The normalized spacial score (nSPS) is 13.7. The van der Waals surface area contributed by atoms with Gasteiger partial charge in [0.1, 0.15) is 28.8 Å². The number of hydrogen-bond donors (Lipinski definition) is 0. The first kappa shape index (κ1) is 16.0. The molecule has 1 aromatic carbocycles. The molecule has 128 valence electrons. The highest BCUT2D eigenvalue weighted by Crippen LogP contribution is 2.26. The molecule has 6 nitrogen and oxygen atoms in total. The summed E-state index contributed by atoms with van der Waals surface area (Å²) in [6.07, 6.45) is 0.660. The maximum atomic E-state index is 12.8. The van der Waals surface area contributed by atoms with Crippen LogP contribution < -0.4 is 0 Å². The van der Waals surface area contributed by atoms with Crippen LogP contribution in [0.3, 0.4) is 0 Å². The predicted octanol–water partition coefficient (Wildman–Crippen LogP) is 3.14. The fraction of sp³-hybridized carbons (Fsp3) is 0.278. The van der Waals surface area contributed by atoms with E-state index in [9.17, 15) is 4.79 Å². The van der Waals surface area contributed by atoms with E-state index in [2.05, 4.69) is 9.97 Å². The van der Waals surface area contributed by atoms with E-state index < -0.39 is 0 Å². The summed E-state index contributed by atoms with van der Waals surface area (Å²) >= 11 is 1.48. The summed E-state index contributed by atoms with van der Waals surface area (Å²) in [7, 11) is 1.60. The molecule has 25 heavy (non-hydrogen) atoms. The largest absolute Gasteiger partial charge is 0.443 e. The minimum absolute atomic E-state index is 0.0691. The highest BCUT2D eigenvalue weighted by molar-refractivity contribution is 7.13. The van der Waals surface area contributed by atoms with Crippen LogP contribution in [-0.4, -0.2) is 34.4 Å². The van der Waals surface area contributed by atoms with Crippen molar-refractivity contribution in [1.82, 2.24) is 14.9 Å². The highest BCUT2D eigenvalue weighted by atomic mass is 32.1. The van der Waals surface area contributed by atoms with Crippen LogP contribution in [0.4, 0.5) is 0 Å². The Labute approximate surface area is 149 Å². The van der Waals surface area contributed by atoms with Gasteiger partial charge in [-0.15, -0.1) is 11.3 Å². The van der Waals surface area contributed by atoms with Crippen LogP contribution in [0.2, 0.25) is 0 Å². The first-order valence-corrected chi connectivity index (χ1v) is 8.89. The molecule has 0 fully saturated rings. The van der Waals surface area contributed by atoms with Gasteiger partial charge in [0, 0.05) is 31.0 Å². The number of nitrogens with zero attached hydrogens (tertiary/aromatic N) is 3. The van der Waals surface area contributed by atoms with E-state index in [1.165, 1.54) is 11.3 Å². The maximum Gasteiger partial charge on any atom is 0.273 e. The topological polar surface area (TPSA) is 68.5 Å². The average Bonchev–Trinajstić information content (AvgIpc) is 3.28. The molecule has 7 heteroatoms. The summed E-state index contributed by atoms with van der Waals surface area (Å²) in [6, 6.07) is 9.88. The molecule has 1 aliphatic heterocycles. The number of rotatable bonds is 4. The Hall–Kier alpha value is -2.51. The second kappa shape index (κ2) is 6.78. The summed E-state index contributed by atoms with van der Waals surface area (Å²) in [4.78, 5) is 23.5. The summed E-state index contributed by atoms with van der Waals surface area (Å²) in [6.45, 7) is 1.39. The number of methoxy groups -OCH3 is 1. The molecule has 0 unspecified atom stereocenters. The third kappa shape index (κ3) is 3.20. The first-order valence-electron chi connectivity index (χ1n) is 8.01. The number of oxazole rings is 1. The Bertz CT molecular complexity index is 888. The minimum Gasteiger partial charge on any atom is -0.443 e. The van der Waals surface area contributed by atoms with E-state index in [1.54, 1.807) is 12.0 Å². The zero-order valence-electron chi connectivity index (χ0n) is 13.8. The van der Waals surface area contributed by atoms with Crippen molar-refractivity contribution in [3.8, 4) is 10.6 Å². The third-order valence-electron chi connectivity index (χ3n) is 4.07. The summed E-state index contributed by atoms with van der Waals surface area (Å²) in [5.41, 5.74) is 2.31. The number of thiazole rings is 1.